The summed E-state index contributed by atoms with van der Waals surface area (Å²) in [4.78, 5) is 12.2. The second-order valence-electron chi connectivity index (χ2n) is 3.93. The molecule has 5 heteroatoms. The lowest BCUT2D eigenvalue weighted by atomic mass is 10.1. The highest BCUT2D eigenvalue weighted by Crippen LogP contribution is 2.30. The predicted molar refractivity (Wildman–Crippen MR) is 59.4 cm³/mol. The van der Waals surface area contributed by atoms with Gasteiger partial charge < -0.3 is 4.90 Å². The van der Waals surface area contributed by atoms with Crippen LogP contribution < -0.4 is 4.90 Å². The highest BCUT2D eigenvalue weighted by Gasteiger charge is 2.24. The number of halogens is 1. The molecule has 0 spiro atoms. The molecule has 4 nitrogen and oxygen atoms in total. The van der Waals surface area contributed by atoms with Gasteiger partial charge in [0.2, 0.25) is 0 Å². The lowest BCUT2D eigenvalue weighted by Crippen LogP contribution is -2.36. The number of rotatable bonds is 2. The maximum atomic E-state index is 13.2. The van der Waals surface area contributed by atoms with Gasteiger partial charge >= 0.3 is 0 Å². The molecule has 1 aliphatic rings. The van der Waals surface area contributed by atoms with Crippen molar-refractivity contribution in [3.63, 3.8) is 0 Å². The quantitative estimate of drug-likeness (QED) is 0.572. The molecule has 1 unspecified atom stereocenters. The first-order valence-corrected chi connectivity index (χ1v) is 5.31. The fourth-order valence-corrected chi connectivity index (χ4v) is 2.03. The third-order valence-corrected chi connectivity index (χ3v) is 2.78. The standard InChI is InChI=1S/C11H13FN2O2/c12-9-4-3-7-13(8-9)10-5-1-2-6-11(10)14(15)16/h1-2,5-6,9H,3-4,7-8H2. The highest BCUT2D eigenvalue weighted by atomic mass is 19.1. The van der Waals surface area contributed by atoms with Crippen molar-refractivity contribution in [3.05, 3.63) is 34.4 Å². The molecule has 1 aliphatic heterocycles. The first-order chi connectivity index (χ1) is 7.68. The maximum Gasteiger partial charge on any atom is 0.292 e. The van der Waals surface area contributed by atoms with E-state index in [1.54, 1.807) is 23.1 Å². The molecule has 1 fully saturated rings. The van der Waals surface area contributed by atoms with Crippen molar-refractivity contribution < 1.29 is 9.31 Å². The van der Waals surface area contributed by atoms with Crippen LogP contribution in [0.25, 0.3) is 0 Å². The van der Waals surface area contributed by atoms with Gasteiger partial charge in [-0.3, -0.25) is 10.1 Å². The Labute approximate surface area is 92.8 Å². The van der Waals surface area contributed by atoms with Crippen LogP contribution in [0.5, 0.6) is 0 Å². The minimum Gasteiger partial charge on any atom is -0.363 e. The zero-order valence-electron chi connectivity index (χ0n) is 8.80. The average molecular weight is 224 g/mol. The lowest BCUT2D eigenvalue weighted by Gasteiger charge is -2.30. The number of para-hydroxylation sites is 2. The molecule has 2 rings (SSSR count). The van der Waals surface area contributed by atoms with E-state index in [-0.39, 0.29) is 12.2 Å². The van der Waals surface area contributed by atoms with Crippen molar-refractivity contribution in [2.24, 2.45) is 0 Å². The molecule has 0 radical (unpaired) electrons. The average Bonchev–Trinajstić information content (AvgIpc) is 2.29. The first-order valence-electron chi connectivity index (χ1n) is 5.31. The number of benzene rings is 1. The smallest absolute Gasteiger partial charge is 0.292 e. The van der Waals surface area contributed by atoms with Gasteiger partial charge in [0.1, 0.15) is 11.9 Å². The third-order valence-electron chi connectivity index (χ3n) is 2.78. The van der Waals surface area contributed by atoms with Gasteiger partial charge in [0.05, 0.1) is 4.92 Å². The third kappa shape index (κ3) is 2.13. The number of nitrogens with zero attached hydrogens (tertiary/aromatic N) is 2. The molecule has 1 saturated heterocycles. The van der Waals surface area contributed by atoms with Crippen LogP contribution in [-0.4, -0.2) is 24.2 Å². The predicted octanol–water partition coefficient (Wildman–Crippen LogP) is 2.53. The zero-order valence-corrected chi connectivity index (χ0v) is 8.80. The Kier molecular flexibility index (Phi) is 3.03. The molecule has 86 valence electrons. The molecule has 0 aliphatic carbocycles. The maximum absolute atomic E-state index is 13.2. The van der Waals surface area contributed by atoms with Gasteiger partial charge in [-0.25, -0.2) is 4.39 Å². The molecule has 1 aromatic carbocycles. The van der Waals surface area contributed by atoms with Crippen molar-refractivity contribution >= 4 is 11.4 Å². The van der Waals surface area contributed by atoms with Crippen LogP contribution in [0, 0.1) is 10.1 Å². The number of anilines is 1. The SMILES string of the molecule is O=[N+]([O-])c1ccccc1N1CCCC(F)C1. The topological polar surface area (TPSA) is 46.4 Å². The van der Waals surface area contributed by atoms with Crippen LogP contribution in [0.2, 0.25) is 0 Å². The number of hydrogen-bond donors (Lipinski definition) is 0. The van der Waals surface area contributed by atoms with Crippen LogP contribution in [0.3, 0.4) is 0 Å². The number of nitro benzene ring substituents is 1. The van der Waals surface area contributed by atoms with Gasteiger partial charge in [-0.05, 0) is 18.9 Å². The van der Waals surface area contributed by atoms with Gasteiger partial charge in [-0.15, -0.1) is 0 Å². The molecule has 1 aromatic rings. The van der Waals surface area contributed by atoms with Gasteiger partial charge in [0, 0.05) is 19.2 Å². The first kappa shape index (κ1) is 10.9. The Bertz CT molecular complexity index is 397. The summed E-state index contributed by atoms with van der Waals surface area (Å²) in [5.74, 6) is 0. The van der Waals surface area contributed by atoms with Crippen LogP contribution in [0.4, 0.5) is 15.8 Å². The second-order valence-corrected chi connectivity index (χ2v) is 3.93. The van der Waals surface area contributed by atoms with Crippen LogP contribution in [-0.2, 0) is 0 Å². The van der Waals surface area contributed by atoms with E-state index in [0.717, 1.165) is 6.42 Å². The summed E-state index contributed by atoms with van der Waals surface area (Å²) in [6.07, 6.45) is 0.415. The van der Waals surface area contributed by atoms with E-state index in [9.17, 15) is 14.5 Å². The van der Waals surface area contributed by atoms with Crippen molar-refractivity contribution in [2.75, 3.05) is 18.0 Å². The summed E-state index contributed by atoms with van der Waals surface area (Å²) in [7, 11) is 0. The summed E-state index contributed by atoms with van der Waals surface area (Å²) < 4.78 is 13.2. The minimum absolute atomic E-state index is 0.0524. The molecule has 1 atom stereocenters. The number of piperidine rings is 1. The monoisotopic (exact) mass is 224 g/mol. The Morgan fingerprint density at radius 1 is 1.44 bits per heavy atom. The Hall–Kier alpha value is -1.65. The minimum atomic E-state index is -0.881. The number of hydrogen-bond acceptors (Lipinski definition) is 3. The molecule has 0 saturated carbocycles. The Morgan fingerprint density at radius 2 is 2.19 bits per heavy atom. The summed E-state index contributed by atoms with van der Waals surface area (Å²) in [5.41, 5.74) is 0.575. The molecule has 0 aromatic heterocycles. The van der Waals surface area contributed by atoms with Gasteiger partial charge in [-0.1, -0.05) is 12.1 Å². The summed E-state index contributed by atoms with van der Waals surface area (Å²) >= 11 is 0. The summed E-state index contributed by atoms with van der Waals surface area (Å²) in [6.45, 7) is 0.941. The normalized spacial score (nSPS) is 20.8. The van der Waals surface area contributed by atoms with Gasteiger partial charge in [-0.2, -0.15) is 0 Å². The van der Waals surface area contributed by atoms with Crippen molar-refractivity contribution in [1.29, 1.82) is 0 Å². The van der Waals surface area contributed by atoms with Crippen LogP contribution in [0.1, 0.15) is 12.8 Å². The molecule has 0 amide bonds. The van der Waals surface area contributed by atoms with Gasteiger partial charge in [0.25, 0.3) is 5.69 Å². The lowest BCUT2D eigenvalue weighted by molar-refractivity contribution is -0.384. The van der Waals surface area contributed by atoms with Crippen LogP contribution in [0.15, 0.2) is 24.3 Å². The molecule has 0 bridgehead atoms. The fraction of sp³-hybridized carbons (Fsp3) is 0.455. The zero-order chi connectivity index (χ0) is 11.5. The molecule has 1 heterocycles. The molecule has 0 N–H and O–H groups in total. The van der Waals surface area contributed by atoms with E-state index in [2.05, 4.69) is 0 Å². The van der Waals surface area contributed by atoms with Crippen molar-refractivity contribution in [3.8, 4) is 0 Å². The Balaban J connectivity index is 2.28. The van der Waals surface area contributed by atoms with Crippen molar-refractivity contribution in [2.45, 2.75) is 19.0 Å². The number of alkyl halides is 1. The van der Waals surface area contributed by atoms with E-state index in [1.807, 2.05) is 0 Å². The molecular formula is C11H13FN2O2. The van der Waals surface area contributed by atoms with Gasteiger partial charge in [0.15, 0.2) is 0 Å². The summed E-state index contributed by atoms with van der Waals surface area (Å²) in [6, 6.07) is 6.50. The largest absolute Gasteiger partial charge is 0.363 e. The molecule has 16 heavy (non-hydrogen) atoms. The second kappa shape index (κ2) is 4.47. The van der Waals surface area contributed by atoms with Crippen LogP contribution >= 0.6 is 0 Å². The fourth-order valence-electron chi connectivity index (χ4n) is 2.03. The highest BCUT2D eigenvalue weighted by molar-refractivity contribution is 5.63. The van der Waals surface area contributed by atoms with E-state index < -0.39 is 11.1 Å². The van der Waals surface area contributed by atoms with E-state index in [1.165, 1.54) is 6.07 Å². The number of nitro groups is 1. The van der Waals surface area contributed by atoms with E-state index >= 15 is 0 Å². The summed E-state index contributed by atoms with van der Waals surface area (Å²) in [5, 5.41) is 10.8. The van der Waals surface area contributed by atoms with Crippen molar-refractivity contribution in [1.82, 2.24) is 0 Å². The molecular weight excluding hydrogens is 211 g/mol. The Morgan fingerprint density at radius 3 is 2.88 bits per heavy atom. The van der Waals surface area contributed by atoms with E-state index in [4.69, 9.17) is 0 Å². The van der Waals surface area contributed by atoms with E-state index in [0.29, 0.717) is 18.7 Å².